The van der Waals surface area contributed by atoms with Crippen LogP contribution in [-0.4, -0.2) is 22.1 Å². The number of hydrogen-bond donors (Lipinski definition) is 1. The van der Waals surface area contributed by atoms with Crippen LogP contribution in [-0.2, 0) is 0 Å². The van der Waals surface area contributed by atoms with Crippen molar-refractivity contribution in [2.24, 2.45) is 0 Å². The van der Waals surface area contributed by atoms with E-state index in [-0.39, 0.29) is 5.91 Å². The van der Waals surface area contributed by atoms with Gasteiger partial charge in [-0.05, 0) is 37.8 Å². The molecule has 0 spiro atoms. The van der Waals surface area contributed by atoms with Gasteiger partial charge in [0.1, 0.15) is 0 Å². The summed E-state index contributed by atoms with van der Waals surface area (Å²) in [6.45, 7) is 0. The highest BCUT2D eigenvalue weighted by Crippen LogP contribution is 2.36. The maximum Gasteiger partial charge on any atom is 0.251 e. The minimum Gasteiger partial charge on any atom is -0.349 e. The fraction of sp³-hybridized carbons (Fsp3) is 0.526. The van der Waals surface area contributed by atoms with Crippen molar-refractivity contribution in [1.29, 1.82) is 0 Å². The molecule has 0 aliphatic heterocycles. The summed E-state index contributed by atoms with van der Waals surface area (Å²) in [6, 6.07) is 7.81. The first-order valence-corrected chi connectivity index (χ1v) is 9.04. The number of benzene rings is 1. The van der Waals surface area contributed by atoms with Crippen molar-refractivity contribution in [3.05, 3.63) is 35.7 Å². The minimum absolute atomic E-state index is 0.00791. The fourth-order valence-corrected chi connectivity index (χ4v) is 3.49. The molecule has 2 saturated carbocycles. The lowest BCUT2D eigenvalue weighted by molar-refractivity contribution is 0.0928. The molecule has 1 aromatic carbocycles. The molecule has 0 unspecified atom stereocenters. The zero-order valence-electron chi connectivity index (χ0n) is 13.8. The molecule has 0 saturated heterocycles. The molecular weight excluding hydrogens is 302 g/mol. The van der Waals surface area contributed by atoms with Crippen LogP contribution in [0.3, 0.4) is 0 Å². The zero-order valence-corrected chi connectivity index (χ0v) is 13.8. The summed E-state index contributed by atoms with van der Waals surface area (Å²) in [4.78, 5) is 17.0. The Morgan fingerprint density at radius 3 is 2.67 bits per heavy atom. The molecule has 24 heavy (non-hydrogen) atoms. The topological polar surface area (TPSA) is 68.0 Å². The molecule has 0 radical (unpaired) electrons. The average molecular weight is 325 g/mol. The van der Waals surface area contributed by atoms with Gasteiger partial charge in [0, 0.05) is 23.1 Å². The van der Waals surface area contributed by atoms with E-state index in [1.807, 2.05) is 24.3 Å². The summed E-state index contributed by atoms with van der Waals surface area (Å²) in [5.41, 5.74) is 1.49. The summed E-state index contributed by atoms with van der Waals surface area (Å²) in [7, 11) is 0. The number of amides is 1. The van der Waals surface area contributed by atoms with Gasteiger partial charge in [0.05, 0.1) is 0 Å². The first-order chi connectivity index (χ1) is 11.8. The highest BCUT2D eigenvalue weighted by Gasteiger charge is 2.25. The predicted molar refractivity (Wildman–Crippen MR) is 90.7 cm³/mol. The van der Waals surface area contributed by atoms with Gasteiger partial charge in [-0.1, -0.05) is 43.0 Å². The van der Waals surface area contributed by atoms with E-state index in [1.165, 1.54) is 25.7 Å². The molecular formula is C19H23N3O2. The maximum absolute atomic E-state index is 12.5. The molecule has 4 rings (SSSR count). The van der Waals surface area contributed by atoms with E-state index in [9.17, 15) is 4.79 Å². The lowest BCUT2D eigenvalue weighted by atomic mass is 9.85. The Morgan fingerprint density at radius 1 is 1.08 bits per heavy atom. The van der Waals surface area contributed by atoms with E-state index >= 15 is 0 Å². The van der Waals surface area contributed by atoms with Gasteiger partial charge in [-0.2, -0.15) is 4.98 Å². The van der Waals surface area contributed by atoms with Crippen molar-refractivity contribution in [2.75, 3.05) is 0 Å². The Bertz CT molecular complexity index is 715. The normalized spacial score (nSPS) is 19.0. The quantitative estimate of drug-likeness (QED) is 0.920. The average Bonchev–Trinajstić information content (AvgIpc) is 3.04. The van der Waals surface area contributed by atoms with E-state index in [4.69, 9.17) is 4.52 Å². The first kappa shape index (κ1) is 15.4. The highest BCUT2D eigenvalue weighted by atomic mass is 16.5. The molecule has 2 aromatic rings. The van der Waals surface area contributed by atoms with Crippen molar-refractivity contribution in [1.82, 2.24) is 15.5 Å². The van der Waals surface area contributed by atoms with Gasteiger partial charge in [0.25, 0.3) is 5.91 Å². The third-order valence-electron chi connectivity index (χ3n) is 5.22. The summed E-state index contributed by atoms with van der Waals surface area (Å²) in [5, 5.41) is 7.24. The van der Waals surface area contributed by atoms with E-state index in [0.717, 1.165) is 37.1 Å². The van der Waals surface area contributed by atoms with Crippen LogP contribution in [0.5, 0.6) is 0 Å². The smallest absolute Gasteiger partial charge is 0.251 e. The molecule has 2 fully saturated rings. The Morgan fingerprint density at radius 2 is 1.92 bits per heavy atom. The summed E-state index contributed by atoms with van der Waals surface area (Å²) >= 11 is 0. The summed E-state index contributed by atoms with van der Waals surface area (Å²) in [6.07, 6.45) is 9.36. The lowest BCUT2D eigenvalue weighted by Crippen LogP contribution is -2.36. The van der Waals surface area contributed by atoms with E-state index < -0.39 is 0 Å². The van der Waals surface area contributed by atoms with Gasteiger partial charge in [0.15, 0.2) is 0 Å². The second-order valence-corrected chi connectivity index (χ2v) is 6.97. The van der Waals surface area contributed by atoms with Crippen LogP contribution in [0.2, 0.25) is 0 Å². The van der Waals surface area contributed by atoms with Gasteiger partial charge < -0.3 is 9.84 Å². The molecule has 1 aromatic heterocycles. The first-order valence-electron chi connectivity index (χ1n) is 9.04. The molecule has 0 atom stereocenters. The Kier molecular flexibility index (Phi) is 4.32. The van der Waals surface area contributed by atoms with Crippen molar-refractivity contribution in [3.8, 4) is 11.4 Å². The second kappa shape index (κ2) is 6.75. The molecule has 0 bridgehead atoms. The largest absolute Gasteiger partial charge is 0.349 e. The Labute approximate surface area is 141 Å². The van der Waals surface area contributed by atoms with Gasteiger partial charge in [-0.3, -0.25) is 4.79 Å². The van der Waals surface area contributed by atoms with Crippen molar-refractivity contribution in [3.63, 3.8) is 0 Å². The number of hydrogen-bond acceptors (Lipinski definition) is 4. The SMILES string of the molecule is O=C(NC1CCCCC1)c1cccc(-c2noc(C3CCC3)n2)c1. The molecule has 1 N–H and O–H groups in total. The van der Waals surface area contributed by atoms with Gasteiger partial charge in [-0.15, -0.1) is 0 Å². The standard InChI is InChI=1S/C19H23N3O2/c23-18(20-16-10-2-1-3-11-16)15-9-5-8-14(12-15)17-21-19(24-22-17)13-6-4-7-13/h5,8-9,12-13,16H,1-4,6-7,10-11H2,(H,20,23). The van der Waals surface area contributed by atoms with E-state index in [2.05, 4.69) is 15.5 Å². The number of aromatic nitrogens is 2. The molecule has 126 valence electrons. The number of nitrogens with zero attached hydrogens (tertiary/aromatic N) is 2. The maximum atomic E-state index is 12.5. The predicted octanol–water partition coefficient (Wildman–Crippen LogP) is 4.07. The number of rotatable bonds is 4. The van der Waals surface area contributed by atoms with Crippen LogP contribution in [0.1, 0.15) is 73.5 Å². The van der Waals surface area contributed by atoms with Gasteiger partial charge >= 0.3 is 0 Å². The van der Waals surface area contributed by atoms with Gasteiger partial charge in [-0.25, -0.2) is 0 Å². The fourth-order valence-electron chi connectivity index (χ4n) is 3.49. The van der Waals surface area contributed by atoms with Crippen LogP contribution in [0.25, 0.3) is 11.4 Å². The minimum atomic E-state index is -0.00791. The van der Waals surface area contributed by atoms with Gasteiger partial charge in [0.2, 0.25) is 11.7 Å². The van der Waals surface area contributed by atoms with Crippen molar-refractivity contribution in [2.45, 2.75) is 63.3 Å². The number of carbonyl (C=O) groups is 1. The summed E-state index contributed by atoms with van der Waals surface area (Å²) in [5.74, 6) is 1.72. The molecule has 2 aliphatic rings. The Balaban J connectivity index is 1.48. The van der Waals surface area contributed by atoms with E-state index in [0.29, 0.717) is 23.3 Å². The molecule has 1 amide bonds. The van der Waals surface area contributed by atoms with Crippen LogP contribution in [0, 0.1) is 0 Å². The third kappa shape index (κ3) is 3.21. The molecule has 5 nitrogen and oxygen atoms in total. The molecule has 1 heterocycles. The van der Waals surface area contributed by atoms with Crippen LogP contribution >= 0.6 is 0 Å². The van der Waals surface area contributed by atoms with Crippen LogP contribution in [0.4, 0.5) is 0 Å². The highest BCUT2D eigenvalue weighted by molar-refractivity contribution is 5.95. The molecule has 5 heteroatoms. The number of nitrogens with one attached hydrogen (secondary N) is 1. The zero-order chi connectivity index (χ0) is 16.4. The summed E-state index contributed by atoms with van der Waals surface area (Å²) < 4.78 is 5.38. The van der Waals surface area contributed by atoms with E-state index in [1.54, 1.807) is 0 Å². The number of carbonyl (C=O) groups excluding carboxylic acids is 1. The van der Waals surface area contributed by atoms with Crippen molar-refractivity contribution >= 4 is 5.91 Å². The third-order valence-corrected chi connectivity index (χ3v) is 5.22. The molecule has 2 aliphatic carbocycles. The van der Waals surface area contributed by atoms with Crippen LogP contribution < -0.4 is 5.32 Å². The lowest BCUT2D eigenvalue weighted by Gasteiger charge is -2.22. The second-order valence-electron chi connectivity index (χ2n) is 6.97. The Hall–Kier alpha value is -2.17. The monoisotopic (exact) mass is 325 g/mol. The van der Waals surface area contributed by atoms with Crippen molar-refractivity contribution < 1.29 is 9.32 Å². The van der Waals surface area contributed by atoms with Crippen LogP contribution in [0.15, 0.2) is 28.8 Å².